The molecule has 0 aliphatic carbocycles. The molecule has 0 saturated carbocycles. The molecule has 0 aromatic carbocycles. The first-order valence-electron chi connectivity index (χ1n) is 8.86. The summed E-state index contributed by atoms with van der Waals surface area (Å²) in [6.45, 7) is 7.50. The quantitative estimate of drug-likeness (QED) is 0.903. The number of hydrogen-bond acceptors (Lipinski definition) is 6. The van der Waals surface area contributed by atoms with Gasteiger partial charge < -0.3 is 14.7 Å². The lowest BCUT2D eigenvalue weighted by Crippen LogP contribution is -2.49. The zero-order chi connectivity index (χ0) is 17.2. The van der Waals surface area contributed by atoms with Crippen LogP contribution in [0.3, 0.4) is 0 Å². The average Bonchev–Trinajstić information content (AvgIpc) is 3.30. The Labute approximate surface area is 147 Å². The fourth-order valence-electron chi connectivity index (χ4n) is 3.73. The van der Waals surface area contributed by atoms with E-state index >= 15 is 0 Å². The smallest absolute Gasteiger partial charge is 0.259 e. The number of nitrogens with one attached hydrogen (secondary N) is 1. The van der Waals surface area contributed by atoms with Gasteiger partial charge in [0.25, 0.3) is 5.91 Å². The van der Waals surface area contributed by atoms with E-state index in [1.807, 2.05) is 23.1 Å². The van der Waals surface area contributed by atoms with Gasteiger partial charge in [-0.1, -0.05) is 11.2 Å². The number of rotatable bonds is 3. The molecule has 1 atom stereocenters. The number of amides is 1. The second-order valence-corrected chi connectivity index (χ2v) is 6.66. The summed E-state index contributed by atoms with van der Waals surface area (Å²) in [5.41, 5.74) is 1.74. The van der Waals surface area contributed by atoms with Crippen molar-refractivity contribution in [2.45, 2.75) is 19.4 Å². The summed E-state index contributed by atoms with van der Waals surface area (Å²) in [7, 11) is 0. The Kier molecular flexibility index (Phi) is 4.50. The Balaban J connectivity index is 1.53. The normalized spacial score (nSPS) is 21.6. The molecule has 2 saturated heterocycles. The Morgan fingerprint density at radius 3 is 2.88 bits per heavy atom. The van der Waals surface area contributed by atoms with E-state index in [1.54, 1.807) is 13.1 Å². The fourth-order valence-corrected chi connectivity index (χ4v) is 3.73. The van der Waals surface area contributed by atoms with Gasteiger partial charge in [-0.2, -0.15) is 0 Å². The molecule has 0 radical (unpaired) electrons. The Bertz CT molecular complexity index is 739. The molecule has 2 aromatic rings. The predicted molar refractivity (Wildman–Crippen MR) is 93.2 cm³/mol. The molecule has 1 unspecified atom stereocenters. The molecule has 4 rings (SSSR count). The van der Waals surface area contributed by atoms with Crippen LogP contribution in [-0.2, 0) is 0 Å². The largest absolute Gasteiger partial charge is 0.360 e. The van der Waals surface area contributed by atoms with E-state index in [4.69, 9.17) is 4.52 Å². The van der Waals surface area contributed by atoms with Crippen molar-refractivity contribution in [2.75, 3.05) is 39.3 Å². The zero-order valence-corrected chi connectivity index (χ0v) is 14.4. The number of pyridine rings is 1. The van der Waals surface area contributed by atoms with E-state index in [2.05, 4.69) is 20.4 Å². The van der Waals surface area contributed by atoms with Crippen LogP contribution < -0.4 is 5.32 Å². The van der Waals surface area contributed by atoms with Crippen molar-refractivity contribution in [3.8, 4) is 11.4 Å². The lowest BCUT2D eigenvalue weighted by atomic mass is 10.1. The maximum atomic E-state index is 13.1. The van der Waals surface area contributed by atoms with Gasteiger partial charge in [-0.05, 0) is 25.5 Å². The third kappa shape index (κ3) is 3.17. The van der Waals surface area contributed by atoms with Crippen molar-refractivity contribution in [3.63, 3.8) is 0 Å². The van der Waals surface area contributed by atoms with E-state index < -0.39 is 0 Å². The van der Waals surface area contributed by atoms with E-state index in [1.165, 1.54) is 0 Å². The first kappa shape index (κ1) is 16.2. The number of aromatic nitrogens is 2. The molecular weight excluding hydrogens is 318 g/mol. The highest BCUT2D eigenvalue weighted by Crippen LogP contribution is 2.27. The van der Waals surface area contributed by atoms with Crippen LogP contribution >= 0.6 is 0 Å². The maximum absolute atomic E-state index is 13.1. The monoisotopic (exact) mass is 341 g/mol. The van der Waals surface area contributed by atoms with Crippen LogP contribution in [0.2, 0.25) is 0 Å². The van der Waals surface area contributed by atoms with E-state index in [0.29, 0.717) is 28.8 Å². The number of carbonyl (C=O) groups excluding carboxylic acids is 1. The highest BCUT2D eigenvalue weighted by Gasteiger charge is 2.34. The van der Waals surface area contributed by atoms with Crippen LogP contribution in [0.4, 0.5) is 0 Å². The first-order valence-corrected chi connectivity index (χ1v) is 8.86. The molecule has 0 bridgehead atoms. The number of piperazine rings is 1. The van der Waals surface area contributed by atoms with Gasteiger partial charge in [-0.3, -0.25) is 14.7 Å². The fraction of sp³-hybridized carbons (Fsp3) is 0.500. The summed E-state index contributed by atoms with van der Waals surface area (Å²) >= 11 is 0. The van der Waals surface area contributed by atoms with E-state index in [-0.39, 0.29) is 5.91 Å². The van der Waals surface area contributed by atoms with Crippen molar-refractivity contribution >= 4 is 5.91 Å². The molecule has 2 aliphatic rings. The maximum Gasteiger partial charge on any atom is 0.259 e. The van der Waals surface area contributed by atoms with Gasteiger partial charge >= 0.3 is 0 Å². The van der Waals surface area contributed by atoms with Crippen LogP contribution in [0.5, 0.6) is 0 Å². The first-order chi connectivity index (χ1) is 12.2. The Morgan fingerprint density at radius 2 is 2.12 bits per heavy atom. The number of likely N-dealkylation sites (tertiary alicyclic amines) is 1. The van der Waals surface area contributed by atoms with Gasteiger partial charge in [0.15, 0.2) is 0 Å². The van der Waals surface area contributed by atoms with Gasteiger partial charge in [-0.15, -0.1) is 0 Å². The van der Waals surface area contributed by atoms with E-state index in [0.717, 1.165) is 45.7 Å². The molecule has 1 N–H and O–H groups in total. The lowest BCUT2D eigenvalue weighted by molar-refractivity contribution is 0.0772. The van der Waals surface area contributed by atoms with Crippen LogP contribution in [-0.4, -0.2) is 71.2 Å². The topological polar surface area (TPSA) is 74.5 Å². The number of hydrogen-bond donors (Lipinski definition) is 1. The molecule has 4 heterocycles. The number of nitrogens with zero attached hydrogens (tertiary/aromatic N) is 4. The minimum Gasteiger partial charge on any atom is -0.360 e. The molecule has 132 valence electrons. The summed E-state index contributed by atoms with van der Waals surface area (Å²) in [6, 6.07) is 6.03. The molecular formula is C18H23N5O2. The molecule has 2 aliphatic heterocycles. The predicted octanol–water partition coefficient (Wildman–Crippen LogP) is 1.16. The van der Waals surface area contributed by atoms with Gasteiger partial charge in [0.2, 0.25) is 0 Å². The number of carbonyl (C=O) groups is 1. The minimum atomic E-state index is -0.00274. The summed E-state index contributed by atoms with van der Waals surface area (Å²) in [4.78, 5) is 21.8. The Hall–Kier alpha value is -2.25. The molecule has 0 spiro atoms. The zero-order valence-electron chi connectivity index (χ0n) is 14.4. The van der Waals surface area contributed by atoms with Crippen molar-refractivity contribution in [1.82, 2.24) is 25.3 Å². The summed E-state index contributed by atoms with van der Waals surface area (Å²) in [5, 5.41) is 7.46. The second-order valence-electron chi connectivity index (χ2n) is 6.66. The molecule has 2 aromatic heterocycles. The summed E-state index contributed by atoms with van der Waals surface area (Å²) in [5.74, 6) is 0.549. The second kappa shape index (κ2) is 6.93. The van der Waals surface area contributed by atoms with Crippen LogP contribution in [0, 0.1) is 6.92 Å². The third-order valence-electron chi connectivity index (χ3n) is 5.10. The molecule has 25 heavy (non-hydrogen) atoms. The average molecular weight is 341 g/mol. The van der Waals surface area contributed by atoms with Crippen LogP contribution in [0.25, 0.3) is 11.4 Å². The van der Waals surface area contributed by atoms with E-state index in [9.17, 15) is 4.79 Å². The molecule has 7 heteroatoms. The van der Waals surface area contributed by atoms with Crippen LogP contribution in [0.1, 0.15) is 22.5 Å². The minimum absolute atomic E-state index is 0.00274. The molecule has 7 nitrogen and oxygen atoms in total. The third-order valence-corrected chi connectivity index (χ3v) is 5.10. The van der Waals surface area contributed by atoms with Gasteiger partial charge in [0.05, 0.1) is 5.69 Å². The van der Waals surface area contributed by atoms with Gasteiger partial charge in [0.1, 0.15) is 17.0 Å². The van der Waals surface area contributed by atoms with Crippen molar-refractivity contribution in [2.24, 2.45) is 0 Å². The SMILES string of the molecule is Cc1onc(-c2ccccn2)c1C(=O)N1CCC(N2CCNCC2)C1. The summed E-state index contributed by atoms with van der Waals surface area (Å²) in [6.07, 6.45) is 2.72. The lowest BCUT2D eigenvalue weighted by Gasteiger charge is -2.32. The van der Waals surface area contributed by atoms with Crippen molar-refractivity contribution in [1.29, 1.82) is 0 Å². The highest BCUT2D eigenvalue weighted by molar-refractivity contribution is 6.00. The number of aryl methyl sites for hydroxylation is 1. The Morgan fingerprint density at radius 1 is 1.28 bits per heavy atom. The van der Waals surface area contributed by atoms with Crippen LogP contribution in [0.15, 0.2) is 28.9 Å². The highest BCUT2D eigenvalue weighted by atomic mass is 16.5. The molecule has 2 fully saturated rings. The molecule has 1 amide bonds. The van der Waals surface area contributed by atoms with Crippen molar-refractivity contribution in [3.05, 3.63) is 35.7 Å². The van der Waals surface area contributed by atoms with Gasteiger partial charge in [0, 0.05) is 51.5 Å². The van der Waals surface area contributed by atoms with Crippen molar-refractivity contribution < 1.29 is 9.32 Å². The summed E-state index contributed by atoms with van der Waals surface area (Å²) < 4.78 is 5.32. The standard InChI is InChI=1S/C18H23N5O2/c1-13-16(17(21-25-13)15-4-2-3-6-20-15)18(24)23-9-5-14(12-23)22-10-7-19-8-11-22/h2-4,6,14,19H,5,7-12H2,1H3. The van der Waals surface area contributed by atoms with Gasteiger partial charge in [-0.25, -0.2) is 0 Å².